The van der Waals surface area contributed by atoms with Crippen molar-refractivity contribution >= 4 is 0 Å². The van der Waals surface area contributed by atoms with E-state index >= 15 is 0 Å². The van der Waals surface area contributed by atoms with E-state index in [0.29, 0.717) is 6.42 Å². The number of hydrogen-bond acceptors (Lipinski definition) is 3. The highest BCUT2D eigenvalue weighted by atomic mass is 16.3. The molecule has 3 aromatic rings. The molecule has 1 aromatic carbocycles. The predicted octanol–water partition coefficient (Wildman–Crippen LogP) is 2.96. The smallest absolute Gasteiger partial charge is 0.120 e. The molecule has 0 bridgehead atoms. The van der Waals surface area contributed by atoms with E-state index in [2.05, 4.69) is 9.97 Å². The molecule has 2 aromatic heterocycles. The fourth-order valence-corrected chi connectivity index (χ4v) is 2.48. The van der Waals surface area contributed by atoms with Gasteiger partial charge in [0.1, 0.15) is 5.60 Å². The molecule has 3 nitrogen and oxygen atoms in total. The van der Waals surface area contributed by atoms with Crippen LogP contribution in [0.1, 0.15) is 16.8 Å². The maximum absolute atomic E-state index is 11.3. The molecule has 0 radical (unpaired) electrons. The third-order valence-electron chi connectivity index (χ3n) is 3.57. The lowest BCUT2D eigenvalue weighted by Crippen LogP contribution is -2.30. The van der Waals surface area contributed by atoms with E-state index in [4.69, 9.17) is 0 Å². The van der Waals surface area contributed by atoms with Gasteiger partial charge in [-0.15, -0.1) is 0 Å². The zero-order chi connectivity index (χ0) is 14.5. The Morgan fingerprint density at radius 2 is 1.43 bits per heavy atom. The Labute approximate surface area is 124 Å². The first kappa shape index (κ1) is 13.5. The highest BCUT2D eigenvalue weighted by Gasteiger charge is 2.32. The van der Waals surface area contributed by atoms with Crippen molar-refractivity contribution in [2.75, 3.05) is 0 Å². The first-order chi connectivity index (χ1) is 10.3. The number of aliphatic hydroxyl groups is 1. The number of nitrogens with zero attached hydrogens (tertiary/aromatic N) is 2. The molecule has 0 fully saturated rings. The number of aromatic nitrogens is 2. The predicted molar refractivity (Wildman–Crippen MR) is 81.6 cm³/mol. The molecule has 1 N–H and O–H groups in total. The van der Waals surface area contributed by atoms with Crippen LogP contribution < -0.4 is 0 Å². The van der Waals surface area contributed by atoms with Crippen molar-refractivity contribution < 1.29 is 5.11 Å². The first-order valence-electron chi connectivity index (χ1n) is 6.87. The summed E-state index contributed by atoms with van der Waals surface area (Å²) in [5.41, 5.74) is 1.40. The summed E-state index contributed by atoms with van der Waals surface area (Å²) in [6.45, 7) is 0. The van der Waals surface area contributed by atoms with Crippen LogP contribution in [0.15, 0.2) is 79.3 Å². The van der Waals surface area contributed by atoms with Gasteiger partial charge in [-0.25, -0.2) is 0 Å². The SMILES string of the molecule is O[C@@](Cc1ccccn1)(c1ccccc1)c1ccncc1. The van der Waals surface area contributed by atoms with E-state index in [0.717, 1.165) is 16.8 Å². The number of benzene rings is 1. The van der Waals surface area contributed by atoms with Gasteiger partial charge >= 0.3 is 0 Å². The zero-order valence-electron chi connectivity index (χ0n) is 11.6. The third-order valence-corrected chi connectivity index (χ3v) is 3.57. The maximum Gasteiger partial charge on any atom is 0.120 e. The molecule has 21 heavy (non-hydrogen) atoms. The van der Waals surface area contributed by atoms with Crippen molar-refractivity contribution in [2.45, 2.75) is 12.0 Å². The highest BCUT2D eigenvalue weighted by Crippen LogP contribution is 2.32. The third kappa shape index (κ3) is 2.83. The van der Waals surface area contributed by atoms with E-state index in [1.807, 2.05) is 60.7 Å². The van der Waals surface area contributed by atoms with E-state index in [1.54, 1.807) is 18.6 Å². The van der Waals surface area contributed by atoms with Crippen molar-refractivity contribution in [1.82, 2.24) is 9.97 Å². The average Bonchev–Trinajstić information content (AvgIpc) is 2.57. The molecule has 1 atom stereocenters. The molecule has 0 aliphatic carbocycles. The van der Waals surface area contributed by atoms with Crippen LogP contribution in [0.3, 0.4) is 0 Å². The Kier molecular flexibility index (Phi) is 3.75. The minimum absolute atomic E-state index is 0.419. The topological polar surface area (TPSA) is 46.0 Å². The Hall–Kier alpha value is -2.52. The lowest BCUT2D eigenvalue weighted by Gasteiger charge is -2.29. The van der Waals surface area contributed by atoms with Crippen LogP contribution in [0.5, 0.6) is 0 Å². The minimum atomic E-state index is -1.11. The fourth-order valence-electron chi connectivity index (χ4n) is 2.48. The summed E-state index contributed by atoms with van der Waals surface area (Å²) >= 11 is 0. The molecule has 2 heterocycles. The van der Waals surface area contributed by atoms with Crippen molar-refractivity contribution in [3.63, 3.8) is 0 Å². The van der Waals surface area contributed by atoms with Gasteiger partial charge in [-0.3, -0.25) is 9.97 Å². The summed E-state index contributed by atoms with van der Waals surface area (Å²) in [5, 5.41) is 11.3. The van der Waals surface area contributed by atoms with Crippen LogP contribution in [-0.4, -0.2) is 15.1 Å². The summed E-state index contributed by atoms with van der Waals surface area (Å²) in [4.78, 5) is 8.37. The van der Waals surface area contributed by atoms with Crippen LogP contribution in [0.25, 0.3) is 0 Å². The van der Waals surface area contributed by atoms with E-state index in [9.17, 15) is 5.11 Å². The summed E-state index contributed by atoms with van der Waals surface area (Å²) in [6.07, 6.45) is 5.55. The van der Waals surface area contributed by atoms with E-state index in [1.165, 1.54) is 0 Å². The molecule has 0 aliphatic heterocycles. The second-order valence-corrected chi connectivity index (χ2v) is 4.96. The van der Waals surface area contributed by atoms with E-state index in [-0.39, 0.29) is 0 Å². The largest absolute Gasteiger partial charge is 0.380 e. The molecule has 3 rings (SSSR count). The van der Waals surface area contributed by atoms with E-state index < -0.39 is 5.60 Å². The highest BCUT2D eigenvalue weighted by molar-refractivity contribution is 5.36. The Morgan fingerprint density at radius 3 is 2.10 bits per heavy atom. The molecule has 0 unspecified atom stereocenters. The molecule has 0 amide bonds. The number of pyridine rings is 2. The Balaban J connectivity index is 2.07. The monoisotopic (exact) mass is 276 g/mol. The lowest BCUT2D eigenvalue weighted by molar-refractivity contribution is 0.0800. The number of rotatable bonds is 4. The molecule has 0 spiro atoms. The van der Waals surface area contributed by atoms with Gasteiger partial charge in [0.15, 0.2) is 0 Å². The van der Waals surface area contributed by atoms with Gasteiger partial charge in [-0.2, -0.15) is 0 Å². The zero-order valence-corrected chi connectivity index (χ0v) is 11.6. The van der Waals surface area contributed by atoms with Gasteiger partial charge in [0.2, 0.25) is 0 Å². The van der Waals surface area contributed by atoms with Crippen LogP contribution in [0.4, 0.5) is 0 Å². The number of hydrogen-bond donors (Lipinski definition) is 1. The average molecular weight is 276 g/mol. The summed E-state index contributed by atoms with van der Waals surface area (Å²) in [6, 6.07) is 19.1. The lowest BCUT2D eigenvalue weighted by atomic mass is 9.83. The fraction of sp³-hybridized carbons (Fsp3) is 0.111. The van der Waals surface area contributed by atoms with Gasteiger partial charge in [-0.1, -0.05) is 36.4 Å². The molecule has 3 heteroatoms. The van der Waals surface area contributed by atoms with Gasteiger partial charge in [0.05, 0.1) is 0 Å². The van der Waals surface area contributed by atoms with Crippen LogP contribution in [0, 0.1) is 0 Å². The van der Waals surface area contributed by atoms with Crippen molar-refractivity contribution in [3.05, 3.63) is 96.1 Å². The Morgan fingerprint density at radius 1 is 0.762 bits per heavy atom. The second-order valence-electron chi connectivity index (χ2n) is 4.96. The molecule has 0 saturated carbocycles. The molecular formula is C18H16N2O. The van der Waals surface area contributed by atoms with Gasteiger partial charge in [-0.05, 0) is 35.4 Å². The van der Waals surface area contributed by atoms with Crippen molar-refractivity contribution in [1.29, 1.82) is 0 Å². The standard InChI is InChI=1S/C18H16N2O/c21-18(15-6-2-1-3-7-15,16-9-12-19-13-10-16)14-17-8-4-5-11-20-17/h1-13,21H,14H2/t18-/m0/s1. The van der Waals surface area contributed by atoms with Crippen LogP contribution >= 0.6 is 0 Å². The minimum Gasteiger partial charge on any atom is -0.380 e. The van der Waals surface area contributed by atoms with Gasteiger partial charge < -0.3 is 5.11 Å². The normalized spacial score (nSPS) is 13.6. The van der Waals surface area contributed by atoms with Gasteiger partial charge in [0.25, 0.3) is 0 Å². The summed E-state index contributed by atoms with van der Waals surface area (Å²) < 4.78 is 0. The Bertz CT molecular complexity index is 645. The van der Waals surface area contributed by atoms with Crippen LogP contribution in [-0.2, 0) is 12.0 Å². The molecule has 0 saturated heterocycles. The summed E-state index contributed by atoms with van der Waals surface area (Å²) in [5.74, 6) is 0. The first-order valence-corrected chi connectivity index (χ1v) is 6.87. The van der Waals surface area contributed by atoms with Crippen molar-refractivity contribution in [3.8, 4) is 0 Å². The summed E-state index contributed by atoms with van der Waals surface area (Å²) in [7, 11) is 0. The van der Waals surface area contributed by atoms with Crippen molar-refractivity contribution in [2.24, 2.45) is 0 Å². The van der Waals surface area contributed by atoms with Gasteiger partial charge in [0, 0.05) is 30.7 Å². The second kappa shape index (κ2) is 5.85. The quantitative estimate of drug-likeness (QED) is 0.797. The molecular weight excluding hydrogens is 260 g/mol. The molecule has 0 aliphatic rings. The molecule has 104 valence electrons. The van der Waals surface area contributed by atoms with Crippen LogP contribution in [0.2, 0.25) is 0 Å². The maximum atomic E-state index is 11.3.